The number of rotatable bonds is 5. The highest BCUT2D eigenvalue weighted by molar-refractivity contribution is 5.29. The van der Waals surface area contributed by atoms with Crippen LogP contribution in [0.15, 0.2) is 12.1 Å². The summed E-state index contributed by atoms with van der Waals surface area (Å²) >= 11 is 0. The van der Waals surface area contributed by atoms with Crippen LogP contribution in [0.4, 0.5) is 8.78 Å². The second kappa shape index (κ2) is 5.93. The summed E-state index contributed by atoms with van der Waals surface area (Å²) in [6, 6.07) is 2.20. The van der Waals surface area contributed by atoms with Gasteiger partial charge in [-0.15, -0.1) is 0 Å². The van der Waals surface area contributed by atoms with Crippen LogP contribution in [-0.2, 0) is 6.54 Å². The number of hydrogen-bond donors (Lipinski definition) is 3. The lowest BCUT2D eigenvalue weighted by atomic mass is 10.1. The van der Waals surface area contributed by atoms with E-state index < -0.39 is 23.5 Å². The molecule has 0 aliphatic heterocycles. The van der Waals surface area contributed by atoms with Crippen molar-refractivity contribution in [2.75, 3.05) is 0 Å². The molecule has 0 heterocycles. The smallest absolute Gasteiger partial charge is 0.187 e. The van der Waals surface area contributed by atoms with Gasteiger partial charge in [-0.3, -0.25) is 0 Å². The van der Waals surface area contributed by atoms with Crippen molar-refractivity contribution in [3.63, 3.8) is 0 Å². The van der Waals surface area contributed by atoms with Crippen molar-refractivity contribution in [1.82, 2.24) is 5.32 Å². The molecular formula is C12H17F2NO2. The van der Waals surface area contributed by atoms with Gasteiger partial charge in [-0.1, -0.05) is 0 Å². The number of hydrogen-bond acceptors (Lipinski definition) is 3. The van der Waals surface area contributed by atoms with Crippen LogP contribution in [0.2, 0.25) is 0 Å². The summed E-state index contributed by atoms with van der Waals surface area (Å²) in [6.07, 6.45) is 0.133. The molecule has 17 heavy (non-hydrogen) atoms. The minimum Gasteiger partial charge on any atom is -0.503 e. The van der Waals surface area contributed by atoms with E-state index in [1.54, 1.807) is 6.92 Å². The molecule has 0 spiro atoms. The Labute approximate surface area is 99.1 Å². The summed E-state index contributed by atoms with van der Waals surface area (Å²) in [5.74, 6) is -2.89. The Morgan fingerprint density at radius 1 is 1.24 bits per heavy atom. The van der Waals surface area contributed by atoms with E-state index in [9.17, 15) is 8.78 Å². The SMILES string of the molecule is CC(O)CC(C)NCc1cc(F)c(O)c(F)c1. The van der Waals surface area contributed by atoms with Crippen molar-refractivity contribution in [1.29, 1.82) is 0 Å². The van der Waals surface area contributed by atoms with Crippen LogP contribution in [0, 0.1) is 11.6 Å². The Bertz CT molecular complexity index is 360. The van der Waals surface area contributed by atoms with Crippen LogP contribution in [0.25, 0.3) is 0 Å². The third kappa shape index (κ3) is 4.28. The van der Waals surface area contributed by atoms with Gasteiger partial charge in [-0.05, 0) is 38.0 Å². The quantitative estimate of drug-likeness (QED) is 0.743. The molecule has 0 aliphatic rings. The minimum absolute atomic E-state index is 0.0370. The summed E-state index contributed by atoms with van der Waals surface area (Å²) in [6.45, 7) is 3.83. The molecule has 1 aromatic rings. The van der Waals surface area contributed by atoms with Crippen LogP contribution >= 0.6 is 0 Å². The molecule has 1 rings (SSSR count). The molecule has 0 aromatic heterocycles. The predicted molar refractivity (Wildman–Crippen MR) is 60.6 cm³/mol. The highest BCUT2D eigenvalue weighted by atomic mass is 19.1. The van der Waals surface area contributed by atoms with E-state index >= 15 is 0 Å². The molecule has 0 radical (unpaired) electrons. The van der Waals surface area contributed by atoms with E-state index in [0.29, 0.717) is 12.0 Å². The third-order valence-electron chi connectivity index (χ3n) is 2.43. The maximum absolute atomic E-state index is 13.0. The van der Waals surface area contributed by atoms with Gasteiger partial charge in [0.25, 0.3) is 0 Å². The van der Waals surface area contributed by atoms with Gasteiger partial charge in [0.15, 0.2) is 17.4 Å². The fraction of sp³-hybridized carbons (Fsp3) is 0.500. The minimum atomic E-state index is -0.968. The fourth-order valence-corrected chi connectivity index (χ4v) is 1.61. The van der Waals surface area contributed by atoms with E-state index in [1.165, 1.54) is 0 Å². The van der Waals surface area contributed by atoms with Crippen molar-refractivity contribution in [3.05, 3.63) is 29.3 Å². The first-order valence-electron chi connectivity index (χ1n) is 5.48. The number of halogens is 2. The largest absolute Gasteiger partial charge is 0.503 e. The topological polar surface area (TPSA) is 52.5 Å². The normalized spacial score (nSPS) is 14.6. The highest BCUT2D eigenvalue weighted by Crippen LogP contribution is 2.21. The molecule has 2 atom stereocenters. The van der Waals surface area contributed by atoms with Gasteiger partial charge in [0.1, 0.15) is 0 Å². The first-order valence-corrected chi connectivity index (χ1v) is 5.48. The van der Waals surface area contributed by atoms with Gasteiger partial charge >= 0.3 is 0 Å². The zero-order valence-electron chi connectivity index (χ0n) is 9.87. The lowest BCUT2D eigenvalue weighted by Gasteiger charge is -2.15. The van der Waals surface area contributed by atoms with Crippen molar-refractivity contribution >= 4 is 0 Å². The first-order chi connectivity index (χ1) is 7.90. The average molecular weight is 245 g/mol. The zero-order valence-corrected chi connectivity index (χ0v) is 9.87. The van der Waals surface area contributed by atoms with E-state index in [0.717, 1.165) is 12.1 Å². The average Bonchev–Trinajstić information content (AvgIpc) is 2.22. The molecule has 0 bridgehead atoms. The summed E-state index contributed by atoms with van der Waals surface area (Å²) in [5, 5.41) is 21.1. The molecule has 96 valence electrons. The van der Waals surface area contributed by atoms with Gasteiger partial charge in [0, 0.05) is 12.6 Å². The van der Waals surface area contributed by atoms with Gasteiger partial charge < -0.3 is 15.5 Å². The Hall–Kier alpha value is -1.20. The number of nitrogens with one attached hydrogen (secondary N) is 1. The lowest BCUT2D eigenvalue weighted by Crippen LogP contribution is -2.28. The Morgan fingerprint density at radius 3 is 2.24 bits per heavy atom. The highest BCUT2D eigenvalue weighted by Gasteiger charge is 2.10. The standard InChI is InChI=1S/C12H17F2NO2/c1-7(3-8(2)16)15-6-9-4-10(13)12(17)11(14)5-9/h4-5,7-8,15-17H,3,6H2,1-2H3. The van der Waals surface area contributed by atoms with Gasteiger partial charge in [-0.2, -0.15) is 0 Å². The maximum Gasteiger partial charge on any atom is 0.187 e. The third-order valence-corrected chi connectivity index (χ3v) is 2.43. The van der Waals surface area contributed by atoms with Crippen LogP contribution in [-0.4, -0.2) is 22.4 Å². The lowest BCUT2D eigenvalue weighted by molar-refractivity contribution is 0.170. The molecule has 0 saturated heterocycles. The molecular weight excluding hydrogens is 228 g/mol. The van der Waals surface area contributed by atoms with Crippen molar-refractivity contribution in [2.45, 2.75) is 39.0 Å². The van der Waals surface area contributed by atoms with Crippen molar-refractivity contribution < 1.29 is 19.0 Å². The molecule has 3 N–H and O–H groups in total. The van der Waals surface area contributed by atoms with E-state index in [-0.39, 0.29) is 12.6 Å². The number of phenolic OH excluding ortho intramolecular Hbond substituents is 1. The van der Waals surface area contributed by atoms with Crippen LogP contribution in [0.5, 0.6) is 5.75 Å². The molecule has 0 saturated carbocycles. The number of aliphatic hydroxyl groups is 1. The predicted octanol–water partition coefficient (Wildman–Crippen LogP) is 1.92. The van der Waals surface area contributed by atoms with Crippen molar-refractivity contribution in [2.24, 2.45) is 0 Å². The number of phenols is 1. The van der Waals surface area contributed by atoms with Gasteiger partial charge in [0.05, 0.1) is 6.10 Å². The molecule has 0 fully saturated rings. The fourth-order valence-electron chi connectivity index (χ4n) is 1.61. The summed E-state index contributed by atoms with van der Waals surface area (Å²) in [5.41, 5.74) is 0.412. The van der Waals surface area contributed by atoms with Crippen molar-refractivity contribution in [3.8, 4) is 5.75 Å². The number of aliphatic hydroxyl groups excluding tert-OH is 1. The molecule has 5 heteroatoms. The molecule has 0 aliphatic carbocycles. The molecule has 1 aromatic carbocycles. The monoisotopic (exact) mass is 245 g/mol. The number of benzene rings is 1. The Morgan fingerprint density at radius 2 is 1.76 bits per heavy atom. The van der Waals surface area contributed by atoms with Gasteiger partial charge in [0.2, 0.25) is 0 Å². The molecule has 0 amide bonds. The zero-order chi connectivity index (χ0) is 13.0. The Kier molecular flexibility index (Phi) is 4.84. The second-order valence-electron chi connectivity index (χ2n) is 4.27. The van der Waals surface area contributed by atoms with Gasteiger partial charge in [-0.25, -0.2) is 8.78 Å². The summed E-state index contributed by atoms with van der Waals surface area (Å²) in [7, 11) is 0. The van der Waals surface area contributed by atoms with E-state index in [4.69, 9.17) is 10.2 Å². The molecule has 2 unspecified atom stereocenters. The first kappa shape index (κ1) is 13.9. The second-order valence-corrected chi connectivity index (χ2v) is 4.27. The van der Waals surface area contributed by atoms with Crippen LogP contribution in [0.3, 0.4) is 0 Å². The maximum atomic E-state index is 13.0. The Balaban J connectivity index is 2.58. The van der Waals surface area contributed by atoms with Crippen LogP contribution < -0.4 is 5.32 Å². The van der Waals surface area contributed by atoms with E-state index in [1.807, 2.05) is 6.92 Å². The summed E-state index contributed by atoms with van der Waals surface area (Å²) < 4.78 is 26.0. The molecule has 3 nitrogen and oxygen atoms in total. The van der Waals surface area contributed by atoms with Crippen LogP contribution in [0.1, 0.15) is 25.8 Å². The summed E-state index contributed by atoms with van der Waals surface area (Å²) in [4.78, 5) is 0. The number of aromatic hydroxyl groups is 1. The van der Waals surface area contributed by atoms with E-state index in [2.05, 4.69) is 5.32 Å².